The Bertz CT molecular complexity index is 1210. The fourth-order valence-corrected chi connectivity index (χ4v) is 4.14. The summed E-state index contributed by atoms with van der Waals surface area (Å²) in [6.45, 7) is 5.21. The molecule has 0 saturated heterocycles. The molecular formula is C23H20N4O6S. The number of esters is 1. The summed E-state index contributed by atoms with van der Waals surface area (Å²) in [6.07, 6.45) is 2.89. The summed E-state index contributed by atoms with van der Waals surface area (Å²) < 4.78 is 10.7. The number of nitrogens with zero attached hydrogens (tertiary/aromatic N) is 2. The lowest BCUT2D eigenvalue weighted by atomic mass is 9.86. The molecule has 1 atom stereocenters. The first kappa shape index (κ1) is 24.3. The Hall–Kier alpha value is -4.30. The molecule has 0 spiro atoms. The second-order valence-electron chi connectivity index (χ2n) is 6.99. The summed E-state index contributed by atoms with van der Waals surface area (Å²) in [7, 11) is 0. The van der Waals surface area contributed by atoms with Gasteiger partial charge in [0.15, 0.2) is 0 Å². The van der Waals surface area contributed by atoms with E-state index >= 15 is 0 Å². The first-order chi connectivity index (χ1) is 16.3. The third kappa shape index (κ3) is 5.54. The van der Waals surface area contributed by atoms with E-state index < -0.39 is 16.8 Å². The van der Waals surface area contributed by atoms with Crippen molar-refractivity contribution in [1.29, 1.82) is 5.26 Å². The van der Waals surface area contributed by atoms with Crippen molar-refractivity contribution in [3.63, 3.8) is 0 Å². The number of nitro benzene ring substituents is 1. The number of non-ortho nitro benzene ring substituents is 1. The topological polar surface area (TPSA) is 148 Å². The molecule has 0 fully saturated rings. The molecule has 0 unspecified atom stereocenters. The number of carbonyl (C=O) groups excluding carboxylic acids is 2. The Morgan fingerprint density at radius 3 is 2.71 bits per heavy atom. The van der Waals surface area contributed by atoms with Gasteiger partial charge in [-0.05, 0) is 31.2 Å². The molecule has 10 nitrogen and oxygen atoms in total. The van der Waals surface area contributed by atoms with Gasteiger partial charge in [0.1, 0.15) is 12.4 Å². The first-order valence-electron chi connectivity index (χ1n) is 9.96. The third-order valence-electron chi connectivity index (χ3n) is 4.74. The van der Waals surface area contributed by atoms with E-state index in [1.54, 1.807) is 19.1 Å². The zero-order valence-corrected chi connectivity index (χ0v) is 18.9. The van der Waals surface area contributed by atoms with Crippen LogP contribution in [-0.2, 0) is 14.3 Å². The number of benzene rings is 1. The van der Waals surface area contributed by atoms with Crippen LogP contribution in [0.3, 0.4) is 0 Å². The number of anilines is 1. The molecule has 0 saturated carbocycles. The lowest BCUT2D eigenvalue weighted by Crippen LogP contribution is -2.29. The van der Waals surface area contributed by atoms with Crippen LogP contribution in [0, 0.1) is 21.4 Å². The van der Waals surface area contributed by atoms with Crippen LogP contribution in [0.2, 0.25) is 0 Å². The monoisotopic (exact) mass is 480 g/mol. The largest absolute Gasteiger partial charge is 0.468 e. The van der Waals surface area contributed by atoms with Gasteiger partial charge in [0.05, 0.1) is 45.1 Å². The number of thioether (sulfide) groups is 1. The number of carbonyl (C=O) groups is 2. The van der Waals surface area contributed by atoms with Crippen LogP contribution < -0.4 is 10.6 Å². The molecule has 1 aromatic heterocycles. The molecule has 0 aliphatic carbocycles. The fraction of sp³-hybridized carbons (Fsp3) is 0.174. The van der Waals surface area contributed by atoms with Crippen molar-refractivity contribution in [3.8, 4) is 6.07 Å². The molecule has 3 rings (SSSR count). The van der Waals surface area contributed by atoms with Gasteiger partial charge in [0.25, 0.3) is 5.69 Å². The Morgan fingerprint density at radius 2 is 2.12 bits per heavy atom. The van der Waals surface area contributed by atoms with Crippen molar-refractivity contribution in [3.05, 3.63) is 93.1 Å². The number of hydrogen-bond acceptors (Lipinski definition) is 9. The molecular weight excluding hydrogens is 460 g/mol. The van der Waals surface area contributed by atoms with Crippen molar-refractivity contribution in [2.24, 2.45) is 0 Å². The lowest BCUT2D eigenvalue weighted by Gasteiger charge is -2.27. The number of nitro groups is 1. The van der Waals surface area contributed by atoms with Crippen LogP contribution in [-0.4, -0.2) is 29.2 Å². The average Bonchev–Trinajstić information content (AvgIpc) is 3.35. The van der Waals surface area contributed by atoms with Gasteiger partial charge in [-0.15, -0.1) is 0 Å². The van der Waals surface area contributed by atoms with Gasteiger partial charge in [0, 0.05) is 23.5 Å². The summed E-state index contributed by atoms with van der Waals surface area (Å²) in [6, 6.07) is 10.9. The standard InChI is InChI=1S/C23H20N4O6S/c1-3-10-33-23(29)20-14(2)25-22(17(12-24)21(20)18-5-4-11-32-18)34-13-19(28)26-15-6-8-16(9-7-15)27(30)31/h3-9,11,21,25H,1,10,13H2,2H3,(H,26,28)/t21-/m0/s1. The predicted molar refractivity (Wildman–Crippen MR) is 125 cm³/mol. The van der Waals surface area contributed by atoms with Crippen LogP contribution in [0.4, 0.5) is 11.4 Å². The normalized spacial score (nSPS) is 15.2. The molecule has 1 amide bonds. The number of amides is 1. The summed E-state index contributed by atoms with van der Waals surface area (Å²) in [5.41, 5.74) is 1.22. The van der Waals surface area contributed by atoms with Crippen molar-refractivity contribution in [2.45, 2.75) is 12.8 Å². The molecule has 1 aliphatic rings. The van der Waals surface area contributed by atoms with Crippen LogP contribution in [0.1, 0.15) is 18.6 Å². The Balaban J connectivity index is 1.79. The van der Waals surface area contributed by atoms with E-state index in [1.165, 1.54) is 36.6 Å². The molecule has 11 heteroatoms. The molecule has 0 radical (unpaired) electrons. The van der Waals surface area contributed by atoms with Crippen LogP contribution >= 0.6 is 11.8 Å². The number of dihydropyridines is 1. The molecule has 174 valence electrons. The quantitative estimate of drug-likeness (QED) is 0.235. The van der Waals surface area contributed by atoms with Crippen LogP contribution in [0.15, 0.2) is 81.6 Å². The van der Waals surface area contributed by atoms with E-state index in [-0.39, 0.29) is 35.1 Å². The van der Waals surface area contributed by atoms with Gasteiger partial charge < -0.3 is 19.8 Å². The van der Waals surface area contributed by atoms with Gasteiger partial charge in [-0.3, -0.25) is 14.9 Å². The molecule has 0 bridgehead atoms. The molecule has 2 aromatic rings. The van der Waals surface area contributed by atoms with Gasteiger partial charge in [-0.2, -0.15) is 5.26 Å². The number of hydrogen-bond donors (Lipinski definition) is 2. The van der Waals surface area contributed by atoms with Gasteiger partial charge in [-0.1, -0.05) is 24.4 Å². The van der Waals surface area contributed by atoms with Gasteiger partial charge in [0.2, 0.25) is 5.91 Å². The summed E-state index contributed by atoms with van der Waals surface area (Å²) in [4.78, 5) is 35.4. The average molecular weight is 481 g/mol. The minimum absolute atomic E-state index is 0.0104. The predicted octanol–water partition coefficient (Wildman–Crippen LogP) is 3.98. The SMILES string of the molecule is C=CCOC(=O)C1=C(C)NC(SCC(=O)Nc2ccc([N+](=O)[O-])cc2)=C(C#N)[C@H]1c1ccco1. The first-order valence-corrected chi connectivity index (χ1v) is 10.9. The highest BCUT2D eigenvalue weighted by atomic mass is 32.2. The number of furan rings is 1. The maximum absolute atomic E-state index is 12.7. The maximum Gasteiger partial charge on any atom is 0.337 e. The number of ether oxygens (including phenoxy) is 1. The van der Waals surface area contributed by atoms with E-state index in [0.717, 1.165) is 11.8 Å². The highest BCUT2D eigenvalue weighted by molar-refractivity contribution is 8.03. The lowest BCUT2D eigenvalue weighted by molar-refractivity contribution is -0.384. The number of nitriles is 1. The Labute approximate surface area is 199 Å². The summed E-state index contributed by atoms with van der Waals surface area (Å²) >= 11 is 1.08. The van der Waals surface area contributed by atoms with Crippen LogP contribution in [0.5, 0.6) is 0 Å². The number of rotatable bonds is 9. The molecule has 2 heterocycles. The zero-order valence-electron chi connectivity index (χ0n) is 18.1. The molecule has 2 N–H and O–H groups in total. The molecule has 1 aliphatic heterocycles. The highest BCUT2D eigenvalue weighted by Crippen LogP contribution is 2.41. The van der Waals surface area contributed by atoms with Crippen LogP contribution in [0.25, 0.3) is 0 Å². The van der Waals surface area contributed by atoms with E-state index in [9.17, 15) is 25.0 Å². The van der Waals surface area contributed by atoms with E-state index in [4.69, 9.17) is 9.15 Å². The zero-order chi connectivity index (χ0) is 24.7. The second-order valence-corrected chi connectivity index (χ2v) is 7.98. The van der Waals surface area contributed by atoms with Crippen molar-refractivity contribution >= 4 is 35.0 Å². The van der Waals surface area contributed by atoms with E-state index in [1.807, 2.05) is 0 Å². The smallest absolute Gasteiger partial charge is 0.337 e. The Kier molecular flexibility index (Phi) is 7.89. The Morgan fingerprint density at radius 1 is 1.38 bits per heavy atom. The number of allylic oxidation sites excluding steroid dienone is 2. The van der Waals surface area contributed by atoms with Gasteiger partial charge in [-0.25, -0.2) is 4.79 Å². The molecule has 34 heavy (non-hydrogen) atoms. The summed E-state index contributed by atoms with van der Waals surface area (Å²) in [5, 5.41) is 26.8. The van der Waals surface area contributed by atoms with Crippen molar-refractivity contribution in [2.75, 3.05) is 17.7 Å². The highest BCUT2D eigenvalue weighted by Gasteiger charge is 2.37. The third-order valence-corrected chi connectivity index (χ3v) is 5.75. The number of nitrogens with one attached hydrogen (secondary N) is 2. The second kappa shape index (κ2) is 11.0. The van der Waals surface area contributed by atoms with Gasteiger partial charge >= 0.3 is 5.97 Å². The van der Waals surface area contributed by atoms with Crippen molar-refractivity contribution in [1.82, 2.24) is 5.32 Å². The summed E-state index contributed by atoms with van der Waals surface area (Å²) in [5.74, 6) is -1.47. The van der Waals surface area contributed by atoms with Crippen molar-refractivity contribution < 1.29 is 23.7 Å². The molecule has 1 aromatic carbocycles. The van der Waals surface area contributed by atoms with E-state index in [2.05, 4.69) is 23.3 Å². The maximum atomic E-state index is 12.7. The fourth-order valence-electron chi connectivity index (χ4n) is 3.25. The minimum atomic E-state index is -0.807. The minimum Gasteiger partial charge on any atom is -0.468 e. The van der Waals surface area contributed by atoms with E-state index in [0.29, 0.717) is 22.2 Å².